The topological polar surface area (TPSA) is 114 Å². The Hall–Kier alpha value is -2.55. The number of aromatic nitrogens is 5. The Morgan fingerprint density at radius 2 is 2.05 bits per heavy atom. The van der Waals surface area contributed by atoms with Crippen LogP contribution >= 0.6 is 11.3 Å². The Balaban J connectivity index is 2.01. The van der Waals surface area contributed by atoms with Gasteiger partial charge in [-0.3, -0.25) is 4.79 Å². The van der Waals surface area contributed by atoms with E-state index in [0.29, 0.717) is 27.8 Å². The van der Waals surface area contributed by atoms with Gasteiger partial charge in [-0.2, -0.15) is 15.0 Å². The first-order valence-electron chi connectivity index (χ1n) is 6.59. The van der Waals surface area contributed by atoms with Gasteiger partial charge in [0.2, 0.25) is 11.9 Å². The van der Waals surface area contributed by atoms with Crippen LogP contribution < -0.4 is 16.2 Å². The minimum atomic E-state index is -0.154. The number of hydrogen-bond donors (Lipinski definition) is 2. The number of nitrogens with two attached hydrogens (primary N) is 1. The highest BCUT2D eigenvalue weighted by Crippen LogP contribution is 2.20. The second-order valence-electron chi connectivity index (χ2n) is 5.07. The molecular weight excluding hydrogens is 302 g/mol. The third-order valence-electron chi connectivity index (χ3n) is 2.99. The van der Waals surface area contributed by atoms with E-state index in [1.807, 2.05) is 27.1 Å². The van der Waals surface area contributed by atoms with Gasteiger partial charge in [0.15, 0.2) is 0 Å². The summed E-state index contributed by atoms with van der Waals surface area (Å²) in [5.74, 6) is 1.59. The fraction of sp³-hybridized carbons (Fsp3) is 0.308. The molecule has 0 unspecified atom stereocenters. The molecule has 22 heavy (non-hydrogen) atoms. The van der Waals surface area contributed by atoms with Crippen molar-refractivity contribution in [2.24, 2.45) is 0 Å². The minimum absolute atomic E-state index is 0.143. The molecule has 0 fully saturated rings. The first-order chi connectivity index (χ1) is 10.4. The minimum Gasteiger partial charge on any atom is -0.368 e. The largest absolute Gasteiger partial charge is 0.368 e. The van der Waals surface area contributed by atoms with E-state index in [1.165, 1.54) is 11.3 Å². The number of hydrogen-bond acceptors (Lipinski definition) is 8. The van der Waals surface area contributed by atoms with Gasteiger partial charge in [0.25, 0.3) is 5.56 Å². The highest BCUT2D eigenvalue weighted by atomic mass is 32.1. The fourth-order valence-electron chi connectivity index (χ4n) is 2.03. The van der Waals surface area contributed by atoms with Crippen molar-refractivity contribution in [2.45, 2.75) is 13.3 Å². The molecule has 0 aliphatic heterocycles. The summed E-state index contributed by atoms with van der Waals surface area (Å²) in [4.78, 5) is 35.2. The highest BCUT2D eigenvalue weighted by Gasteiger charge is 2.11. The molecule has 8 nitrogen and oxygen atoms in total. The number of thiophene rings is 1. The Bertz CT molecular complexity index is 899. The lowest BCUT2D eigenvalue weighted by molar-refractivity contribution is 0.856. The van der Waals surface area contributed by atoms with E-state index in [1.54, 1.807) is 4.90 Å². The Morgan fingerprint density at radius 1 is 1.27 bits per heavy atom. The van der Waals surface area contributed by atoms with Crippen LogP contribution in [0.4, 0.5) is 11.9 Å². The molecule has 3 aromatic rings. The highest BCUT2D eigenvalue weighted by molar-refractivity contribution is 7.18. The molecule has 114 valence electrons. The lowest BCUT2D eigenvalue weighted by Gasteiger charge is -2.11. The van der Waals surface area contributed by atoms with Gasteiger partial charge in [-0.25, -0.2) is 4.98 Å². The van der Waals surface area contributed by atoms with Crippen molar-refractivity contribution in [2.75, 3.05) is 24.7 Å². The number of H-pyrrole nitrogens is 1. The summed E-state index contributed by atoms with van der Waals surface area (Å²) in [5, 5.41) is 0.607. The van der Waals surface area contributed by atoms with Gasteiger partial charge >= 0.3 is 0 Å². The number of nitrogens with zero attached hydrogens (tertiary/aromatic N) is 5. The van der Waals surface area contributed by atoms with Crippen molar-refractivity contribution in [3.05, 3.63) is 32.9 Å². The summed E-state index contributed by atoms with van der Waals surface area (Å²) in [7, 11) is 3.64. The van der Waals surface area contributed by atoms with Crippen LogP contribution in [0, 0.1) is 6.92 Å². The predicted molar refractivity (Wildman–Crippen MR) is 86.4 cm³/mol. The van der Waals surface area contributed by atoms with Crippen molar-refractivity contribution < 1.29 is 0 Å². The molecule has 3 rings (SSSR count). The maximum atomic E-state index is 12.1. The van der Waals surface area contributed by atoms with Crippen LogP contribution in [0.1, 0.15) is 16.5 Å². The van der Waals surface area contributed by atoms with Crippen molar-refractivity contribution in [3.63, 3.8) is 0 Å². The van der Waals surface area contributed by atoms with E-state index in [0.717, 1.165) is 4.88 Å². The van der Waals surface area contributed by atoms with Gasteiger partial charge in [-0.05, 0) is 13.0 Å². The van der Waals surface area contributed by atoms with Gasteiger partial charge in [-0.1, -0.05) is 0 Å². The summed E-state index contributed by atoms with van der Waals surface area (Å²) < 4.78 is 0. The molecule has 0 saturated heterocycles. The zero-order valence-electron chi connectivity index (χ0n) is 12.4. The average Bonchev–Trinajstić information content (AvgIpc) is 2.79. The Kier molecular flexibility index (Phi) is 3.49. The van der Waals surface area contributed by atoms with E-state index in [4.69, 9.17) is 5.73 Å². The predicted octanol–water partition coefficient (Wildman–Crippen LogP) is 0.717. The van der Waals surface area contributed by atoms with Crippen molar-refractivity contribution in [1.29, 1.82) is 0 Å². The molecule has 3 N–H and O–H groups in total. The summed E-state index contributed by atoms with van der Waals surface area (Å²) in [5.41, 5.74) is 5.54. The molecule has 0 aliphatic rings. The average molecular weight is 317 g/mol. The van der Waals surface area contributed by atoms with Crippen LogP contribution in [0.3, 0.4) is 0 Å². The van der Waals surface area contributed by atoms with E-state index in [-0.39, 0.29) is 17.9 Å². The normalized spacial score (nSPS) is 11.0. The Morgan fingerprint density at radius 3 is 2.77 bits per heavy atom. The molecule has 9 heteroatoms. The number of nitrogens with one attached hydrogen (secondary N) is 1. The van der Waals surface area contributed by atoms with Gasteiger partial charge in [0.1, 0.15) is 16.5 Å². The molecule has 0 saturated carbocycles. The molecular formula is C13H15N7OS. The number of nitrogen functional groups attached to an aromatic ring is 1. The molecule has 0 spiro atoms. The quantitative estimate of drug-likeness (QED) is 0.731. The molecule has 0 amide bonds. The second-order valence-corrected chi connectivity index (χ2v) is 6.30. The zero-order chi connectivity index (χ0) is 15.9. The molecule has 0 aliphatic carbocycles. The van der Waals surface area contributed by atoms with Crippen LogP contribution in [0.25, 0.3) is 10.2 Å². The number of aromatic amines is 1. The van der Waals surface area contributed by atoms with Gasteiger partial charge < -0.3 is 15.6 Å². The third kappa shape index (κ3) is 2.75. The Labute approximate surface area is 130 Å². The van der Waals surface area contributed by atoms with Crippen LogP contribution in [-0.4, -0.2) is 39.0 Å². The lowest BCUT2D eigenvalue weighted by Crippen LogP contribution is -2.17. The molecule has 0 bridgehead atoms. The maximum Gasteiger partial charge on any atom is 0.259 e. The van der Waals surface area contributed by atoms with Crippen molar-refractivity contribution >= 4 is 33.5 Å². The van der Waals surface area contributed by atoms with Crippen molar-refractivity contribution in [1.82, 2.24) is 24.9 Å². The number of fused-ring (bicyclic) bond motifs is 1. The number of anilines is 2. The van der Waals surface area contributed by atoms with E-state index >= 15 is 0 Å². The number of aryl methyl sites for hydroxylation is 1. The van der Waals surface area contributed by atoms with Gasteiger partial charge in [0, 0.05) is 19.0 Å². The monoisotopic (exact) mass is 317 g/mol. The third-order valence-corrected chi connectivity index (χ3v) is 3.93. The van der Waals surface area contributed by atoms with Gasteiger partial charge in [0.05, 0.1) is 11.8 Å². The standard InChI is InChI=1S/C13H15N7OS/c1-6-4-7-10(21)15-8(16-11(7)22-6)5-9-17-12(14)19-13(18-9)20(2)3/h4H,5H2,1-3H3,(H,15,16,21)(H2,14,17,18,19). The summed E-state index contributed by atoms with van der Waals surface area (Å²) in [6, 6.07) is 1.83. The summed E-state index contributed by atoms with van der Waals surface area (Å²) in [6.45, 7) is 1.95. The first kappa shape index (κ1) is 14.4. The van der Waals surface area contributed by atoms with Crippen molar-refractivity contribution in [3.8, 4) is 0 Å². The van der Waals surface area contributed by atoms with E-state index < -0.39 is 0 Å². The summed E-state index contributed by atoms with van der Waals surface area (Å²) in [6.07, 6.45) is 0.287. The van der Waals surface area contributed by atoms with Crippen LogP contribution in [0.2, 0.25) is 0 Å². The SMILES string of the molecule is Cc1cc2c(=O)[nH]c(Cc3nc(N)nc(N(C)C)n3)nc2s1. The summed E-state index contributed by atoms with van der Waals surface area (Å²) >= 11 is 1.49. The van der Waals surface area contributed by atoms with E-state index in [2.05, 4.69) is 24.9 Å². The van der Waals surface area contributed by atoms with Crippen LogP contribution in [0.15, 0.2) is 10.9 Å². The van der Waals surface area contributed by atoms with Crippen LogP contribution in [-0.2, 0) is 6.42 Å². The van der Waals surface area contributed by atoms with Gasteiger partial charge in [-0.15, -0.1) is 11.3 Å². The van der Waals surface area contributed by atoms with Crippen LogP contribution in [0.5, 0.6) is 0 Å². The maximum absolute atomic E-state index is 12.1. The molecule has 0 atom stereocenters. The zero-order valence-corrected chi connectivity index (χ0v) is 13.2. The first-order valence-corrected chi connectivity index (χ1v) is 7.41. The lowest BCUT2D eigenvalue weighted by atomic mass is 10.3. The smallest absolute Gasteiger partial charge is 0.259 e. The molecule has 3 aromatic heterocycles. The number of rotatable bonds is 3. The molecule has 0 aromatic carbocycles. The van der Waals surface area contributed by atoms with E-state index in [9.17, 15) is 4.79 Å². The molecule has 0 radical (unpaired) electrons. The molecule has 3 heterocycles. The fourth-order valence-corrected chi connectivity index (χ4v) is 2.93. The second kappa shape index (κ2) is 5.34.